The summed E-state index contributed by atoms with van der Waals surface area (Å²) in [4.78, 5) is 2.47. The van der Waals surface area contributed by atoms with E-state index in [1.54, 1.807) is 7.11 Å². The molecular formula is C10H21NO2. The largest absolute Gasteiger partial charge is 0.396 e. The lowest BCUT2D eigenvalue weighted by atomic mass is 10.1. The van der Waals surface area contributed by atoms with Crippen molar-refractivity contribution >= 4 is 0 Å². The average Bonchev–Trinajstić information content (AvgIpc) is 2.54. The molecule has 13 heavy (non-hydrogen) atoms. The Morgan fingerprint density at radius 2 is 2.31 bits per heavy atom. The summed E-state index contributed by atoms with van der Waals surface area (Å²) in [5.74, 6) is 0.735. The van der Waals surface area contributed by atoms with Gasteiger partial charge in [-0.1, -0.05) is 0 Å². The Morgan fingerprint density at radius 3 is 3.00 bits per heavy atom. The highest BCUT2D eigenvalue weighted by Crippen LogP contribution is 2.16. The Balaban J connectivity index is 2.03. The molecule has 1 unspecified atom stereocenters. The molecule has 0 aliphatic carbocycles. The van der Waals surface area contributed by atoms with Crippen LogP contribution in [0.4, 0.5) is 0 Å². The van der Waals surface area contributed by atoms with Gasteiger partial charge in [0.1, 0.15) is 0 Å². The minimum Gasteiger partial charge on any atom is -0.396 e. The van der Waals surface area contributed by atoms with Gasteiger partial charge in [-0.15, -0.1) is 0 Å². The van der Waals surface area contributed by atoms with Crippen LogP contribution in [-0.4, -0.2) is 50.0 Å². The van der Waals surface area contributed by atoms with E-state index in [2.05, 4.69) is 4.90 Å². The standard InChI is InChI=1S/C10H21NO2/c1-13-9-10-4-6-11(8-10)5-2-3-7-12/h10,12H,2-9H2,1H3. The molecule has 1 heterocycles. The molecule has 1 saturated heterocycles. The molecule has 0 radical (unpaired) electrons. The van der Waals surface area contributed by atoms with Gasteiger partial charge in [0.05, 0.1) is 6.61 Å². The van der Waals surface area contributed by atoms with Gasteiger partial charge in [-0.3, -0.25) is 0 Å². The third kappa shape index (κ3) is 4.07. The smallest absolute Gasteiger partial charge is 0.0503 e. The fourth-order valence-electron chi connectivity index (χ4n) is 1.93. The van der Waals surface area contributed by atoms with Crippen LogP contribution in [0.25, 0.3) is 0 Å². The Morgan fingerprint density at radius 1 is 1.46 bits per heavy atom. The SMILES string of the molecule is COCC1CCN(CCCCO)C1. The van der Waals surface area contributed by atoms with Crippen LogP contribution in [0.2, 0.25) is 0 Å². The van der Waals surface area contributed by atoms with Gasteiger partial charge in [0.2, 0.25) is 0 Å². The van der Waals surface area contributed by atoms with Crippen LogP contribution >= 0.6 is 0 Å². The first-order valence-corrected chi connectivity index (χ1v) is 5.19. The maximum atomic E-state index is 8.64. The lowest BCUT2D eigenvalue weighted by Crippen LogP contribution is -2.23. The molecule has 3 heteroatoms. The summed E-state index contributed by atoms with van der Waals surface area (Å²) in [5, 5.41) is 8.64. The van der Waals surface area contributed by atoms with Crippen molar-refractivity contribution in [2.75, 3.05) is 40.0 Å². The summed E-state index contributed by atoms with van der Waals surface area (Å²) in [7, 11) is 1.77. The molecule has 1 aliphatic heterocycles. The predicted molar refractivity (Wildman–Crippen MR) is 52.7 cm³/mol. The molecular weight excluding hydrogens is 166 g/mol. The highest BCUT2D eigenvalue weighted by atomic mass is 16.5. The zero-order valence-electron chi connectivity index (χ0n) is 8.54. The van der Waals surface area contributed by atoms with Gasteiger partial charge < -0.3 is 14.7 Å². The number of aliphatic hydroxyl groups is 1. The van der Waals surface area contributed by atoms with Crippen molar-refractivity contribution in [3.63, 3.8) is 0 Å². The lowest BCUT2D eigenvalue weighted by molar-refractivity contribution is 0.152. The summed E-state index contributed by atoms with van der Waals surface area (Å²) < 4.78 is 5.13. The molecule has 1 N–H and O–H groups in total. The number of unbranched alkanes of at least 4 members (excludes halogenated alkanes) is 1. The summed E-state index contributed by atoms with van der Waals surface area (Å²) in [6.07, 6.45) is 3.33. The van der Waals surface area contributed by atoms with Gasteiger partial charge in [0.25, 0.3) is 0 Å². The first kappa shape index (κ1) is 11.0. The van der Waals surface area contributed by atoms with E-state index in [1.807, 2.05) is 0 Å². The molecule has 3 nitrogen and oxygen atoms in total. The quantitative estimate of drug-likeness (QED) is 0.622. The van der Waals surface area contributed by atoms with E-state index in [0.717, 1.165) is 31.9 Å². The minimum absolute atomic E-state index is 0.329. The number of hydrogen-bond donors (Lipinski definition) is 1. The maximum absolute atomic E-state index is 8.64. The van der Waals surface area contributed by atoms with Crippen LogP contribution < -0.4 is 0 Å². The predicted octanol–water partition coefficient (Wildman–Crippen LogP) is 0.727. The molecule has 0 aromatic carbocycles. The van der Waals surface area contributed by atoms with Crippen LogP contribution in [0, 0.1) is 5.92 Å². The summed E-state index contributed by atoms with van der Waals surface area (Å²) in [6, 6.07) is 0. The fourth-order valence-corrected chi connectivity index (χ4v) is 1.93. The second-order valence-corrected chi connectivity index (χ2v) is 3.84. The number of methoxy groups -OCH3 is 1. The number of nitrogens with zero attached hydrogens (tertiary/aromatic N) is 1. The molecule has 78 valence electrons. The topological polar surface area (TPSA) is 32.7 Å². The molecule has 1 rings (SSSR count). The van der Waals surface area contributed by atoms with Crippen molar-refractivity contribution in [2.24, 2.45) is 5.92 Å². The third-order valence-electron chi connectivity index (χ3n) is 2.65. The zero-order chi connectivity index (χ0) is 9.52. The second kappa shape index (κ2) is 6.35. The number of ether oxygens (including phenoxy) is 1. The zero-order valence-corrected chi connectivity index (χ0v) is 8.54. The van der Waals surface area contributed by atoms with Crippen LogP contribution in [0.15, 0.2) is 0 Å². The first-order valence-electron chi connectivity index (χ1n) is 5.19. The van der Waals surface area contributed by atoms with E-state index in [-0.39, 0.29) is 0 Å². The molecule has 1 fully saturated rings. The third-order valence-corrected chi connectivity index (χ3v) is 2.65. The molecule has 0 spiro atoms. The average molecular weight is 187 g/mol. The Kier molecular flexibility index (Phi) is 5.35. The molecule has 1 aliphatic rings. The van der Waals surface area contributed by atoms with E-state index < -0.39 is 0 Å². The van der Waals surface area contributed by atoms with E-state index >= 15 is 0 Å². The maximum Gasteiger partial charge on any atom is 0.0503 e. The molecule has 0 aromatic heterocycles. The molecule has 0 saturated carbocycles. The van der Waals surface area contributed by atoms with E-state index in [1.165, 1.54) is 19.5 Å². The molecule has 1 atom stereocenters. The minimum atomic E-state index is 0.329. The van der Waals surface area contributed by atoms with Gasteiger partial charge in [-0.05, 0) is 38.3 Å². The normalized spacial score (nSPS) is 24.0. The fraction of sp³-hybridized carbons (Fsp3) is 1.00. The van der Waals surface area contributed by atoms with Crippen LogP contribution in [0.1, 0.15) is 19.3 Å². The van der Waals surface area contributed by atoms with Crippen molar-refractivity contribution < 1.29 is 9.84 Å². The van der Waals surface area contributed by atoms with Crippen molar-refractivity contribution in [1.82, 2.24) is 4.90 Å². The van der Waals surface area contributed by atoms with Gasteiger partial charge in [-0.25, -0.2) is 0 Å². The summed E-state index contributed by atoms with van der Waals surface area (Å²) in [5.41, 5.74) is 0. The van der Waals surface area contributed by atoms with Crippen molar-refractivity contribution in [3.8, 4) is 0 Å². The van der Waals surface area contributed by atoms with Crippen molar-refractivity contribution in [3.05, 3.63) is 0 Å². The summed E-state index contributed by atoms with van der Waals surface area (Å²) in [6.45, 7) is 4.76. The highest BCUT2D eigenvalue weighted by Gasteiger charge is 2.21. The van der Waals surface area contributed by atoms with Crippen LogP contribution in [0.3, 0.4) is 0 Å². The number of rotatable bonds is 6. The van der Waals surface area contributed by atoms with Crippen LogP contribution in [0.5, 0.6) is 0 Å². The van der Waals surface area contributed by atoms with Gasteiger partial charge >= 0.3 is 0 Å². The van der Waals surface area contributed by atoms with E-state index in [0.29, 0.717) is 6.61 Å². The van der Waals surface area contributed by atoms with E-state index in [9.17, 15) is 0 Å². The highest BCUT2D eigenvalue weighted by molar-refractivity contribution is 4.74. The number of aliphatic hydroxyl groups excluding tert-OH is 1. The first-order chi connectivity index (χ1) is 6.36. The number of likely N-dealkylation sites (tertiary alicyclic amines) is 1. The summed E-state index contributed by atoms with van der Waals surface area (Å²) >= 11 is 0. The van der Waals surface area contributed by atoms with E-state index in [4.69, 9.17) is 9.84 Å². The Hall–Kier alpha value is -0.120. The monoisotopic (exact) mass is 187 g/mol. The molecule has 0 aromatic rings. The second-order valence-electron chi connectivity index (χ2n) is 3.84. The van der Waals surface area contributed by atoms with Gasteiger partial charge in [0, 0.05) is 20.3 Å². The van der Waals surface area contributed by atoms with Crippen molar-refractivity contribution in [1.29, 1.82) is 0 Å². The van der Waals surface area contributed by atoms with Crippen LogP contribution in [-0.2, 0) is 4.74 Å². The van der Waals surface area contributed by atoms with Crippen molar-refractivity contribution in [2.45, 2.75) is 19.3 Å². The Labute approximate surface area is 80.7 Å². The van der Waals surface area contributed by atoms with Gasteiger partial charge in [0.15, 0.2) is 0 Å². The molecule has 0 bridgehead atoms. The lowest BCUT2D eigenvalue weighted by Gasteiger charge is -2.14. The molecule has 0 amide bonds. The van der Waals surface area contributed by atoms with Gasteiger partial charge in [-0.2, -0.15) is 0 Å². The number of hydrogen-bond acceptors (Lipinski definition) is 3. The Bertz CT molecular complexity index is 130.